The summed E-state index contributed by atoms with van der Waals surface area (Å²) in [5, 5.41) is 4.12. The van der Waals surface area contributed by atoms with Crippen LogP contribution in [0.4, 0.5) is 5.69 Å². The fraction of sp³-hybridized carbons (Fsp3) is 0.348. The van der Waals surface area contributed by atoms with E-state index in [9.17, 15) is 4.79 Å². The number of aromatic nitrogens is 2. The summed E-state index contributed by atoms with van der Waals surface area (Å²) in [4.78, 5) is 19.0. The van der Waals surface area contributed by atoms with Crippen molar-refractivity contribution in [2.24, 2.45) is 0 Å². The van der Waals surface area contributed by atoms with E-state index in [2.05, 4.69) is 29.2 Å². The smallest absolute Gasteiger partial charge is 0.232 e. The van der Waals surface area contributed by atoms with Gasteiger partial charge in [-0.3, -0.25) is 4.79 Å². The summed E-state index contributed by atoms with van der Waals surface area (Å²) in [6.45, 7) is 7.37. The molecule has 1 saturated heterocycles. The van der Waals surface area contributed by atoms with Crippen LogP contribution in [-0.2, 0) is 4.79 Å². The van der Waals surface area contributed by atoms with Crippen molar-refractivity contribution in [2.75, 3.05) is 18.1 Å². The number of benzene rings is 2. The van der Waals surface area contributed by atoms with E-state index < -0.39 is 0 Å². The molecule has 6 nitrogen and oxygen atoms in total. The number of aryl methyl sites for hydroxylation is 2. The minimum absolute atomic E-state index is 0.0841. The SMILES string of the molecule is CCCOc1ccc(-c2noc(C3CC(=O)N(c4cc(C)ccc4C)C3)n2)cc1. The molecule has 0 spiro atoms. The minimum atomic E-state index is -0.101. The zero-order chi connectivity index (χ0) is 20.4. The van der Waals surface area contributed by atoms with Crippen molar-refractivity contribution in [3.05, 3.63) is 59.5 Å². The van der Waals surface area contributed by atoms with Crippen molar-refractivity contribution in [3.8, 4) is 17.1 Å². The Morgan fingerprint density at radius 1 is 1.17 bits per heavy atom. The summed E-state index contributed by atoms with van der Waals surface area (Å²) < 4.78 is 11.1. The number of ether oxygens (including phenoxy) is 1. The van der Waals surface area contributed by atoms with E-state index in [0.29, 0.717) is 31.3 Å². The number of anilines is 1. The molecule has 1 unspecified atom stereocenters. The van der Waals surface area contributed by atoms with E-state index in [1.54, 1.807) is 0 Å². The molecule has 1 aromatic heterocycles. The third kappa shape index (κ3) is 4.01. The predicted octanol–water partition coefficient (Wildman–Crippen LogP) is 4.66. The van der Waals surface area contributed by atoms with Gasteiger partial charge in [0.1, 0.15) is 5.75 Å². The number of carbonyl (C=O) groups is 1. The van der Waals surface area contributed by atoms with Crippen LogP contribution in [0.25, 0.3) is 11.4 Å². The van der Waals surface area contributed by atoms with Gasteiger partial charge in [-0.15, -0.1) is 0 Å². The van der Waals surface area contributed by atoms with E-state index >= 15 is 0 Å². The molecule has 3 aromatic rings. The summed E-state index contributed by atoms with van der Waals surface area (Å²) in [5.41, 5.74) is 4.04. The summed E-state index contributed by atoms with van der Waals surface area (Å²) in [6, 6.07) is 13.8. The first-order chi connectivity index (χ1) is 14.0. The van der Waals surface area contributed by atoms with Gasteiger partial charge in [-0.05, 0) is 61.7 Å². The van der Waals surface area contributed by atoms with E-state index in [0.717, 1.165) is 34.5 Å². The van der Waals surface area contributed by atoms with Gasteiger partial charge in [-0.25, -0.2) is 0 Å². The van der Waals surface area contributed by atoms with Crippen LogP contribution in [0.2, 0.25) is 0 Å². The second kappa shape index (κ2) is 8.07. The van der Waals surface area contributed by atoms with Crippen LogP contribution in [0, 0.1) is 13.8 Å². The molecule has 2 aromatic carbocycles. The summed E-state index contributed by atoms with van der Waals surface area (Å²) in [6.07, 6.45) is 1.34. The van der Waals surface area contributed by atoms with Gasteiger partial charge in [-0.2, -0.15) is 4.98 Å². The van der Waals surface area contributed by atoms with Gasteiger partial charge in [0.2, 0.25) is 17.6 Å². The molecule has 0 N–H and O–H groups in total. The molecule has 4 rings (SSSR count). The van der Waals surface area contributed by atoms with Gasteiger partial charge in [0.15, 0.2) is 0 Å². The molecule has 0 aliphatic carbocycles. The van der Waals surface area contributed by atoms with Gasteiger partial charge >= 0.3 is 0 Å². The van der Waals surface area contributed by atoms with Crippen LogP contribution in [-0.4, -0.2) is 29.2 Å². The lowest BCUT2D eigenvalue weighted by atomic mass is 10.1. The van der Waals surface area contributed by atoms with E-state index in [1.807, 2.05) is 49.1 Å². The molecule has 1 atom stereocenters. The van der Waals surface area contributed by atoms with Crippen LogP contribution < -0.4 is 9.64 Å². The maximum absolute atomic E-state index is 12.6. The van der Waals surface area contributed by atoms with Gasteiger partial charge in [0.05, 0.1) is 12.5 Å². The lowest BCUT2D eigenvalue weighted by Crippen LogP contribution is -2.25. The molecule has 150 valence electrons. The zero-order valence-corrected chi connectivity index (χ0v) is 17.0. The highest BCUT2D eigenvalue weighted by Crippen LogP contribution is 2.34. The van der Waals surface area contributed by atoms with Crippen LogP contribution >= 0.6 is 0 Å². The molecule has 6 heteroatoms. The number of hydrogen-bond acceptors (Lipinski definition) is 5. The third-order valence-electron chi connectivity index (χ3n) is 5.16. The molecule has 1 aliphatic rings. The van der Waals surface area contributed by atoms with Gasteiger partial charge in [0.25, 0.3) is 0 Å². The largest absolute Gasteiger partial charge is 0.494 e. The average Bonchev–Trinajstić information content (AvgIpc) is 3.36. The van der Waals surface area contributed by atoms with Crippen molar-refractivity contribution in [2.45, 2.75) is 39.5 Å². The molecule has 1 fully saturated rings. The molecule has 1 amide bonds. The zero-order valence-electron chi connectivity index (χ0n) is 17.0. The summed E-state index contributed by atoms with van der Waals surface area (Å²) in [5.74, 6) is 1.84. The monoisotopic (exact) mass is 391 g/mol. The molecular formula is C23H25N3O3. The number of hydrogen-bond donors (Lipinski definition) is 0. The Labute approximate surface area is 170 Å². The maximum atomic E-state index is 12.6. The highest BCUT2D eigenvalue weighted by atomic mass is 16.5. The molecule has 29 heavy (non-hydrogen) atoms. The molecule has 1 aliphatic heterocycles. The topological polar surface area (TPSA) is 68.5 Å². The predicted molar refractivity (Wildman–Crippen MR) is 111 cm³/mol. The number of rotatable bonds is 6. The first kappa shape index (κ1) is 19.2. The third-order valence-corrected chi connectivity index (χ3v) is 5.16. The van der Waals surface area contributed by atoms with E-state index in [1.165, 1.54) is 0 Å². The van der Waals surface area contributed by atoms with Gasteiger partial charge in [0, 0.05) is 24.2 Å². The van der Waals surface area contributed by atoms with Crippen LogP contribution in [0.3, 0.4) is 0 Å². The Balaban J connectivity index is 1.50. The Morgan fingerprint density at radius 3 is 2.72 bits per heavy atom. The van der Waals surface area contributed by atoms with Crippen molar-refractivity contribution in [1.29, 1.82) is 0 Å². The molecule has 0 bridgehead atoms. The quantitative estimate of drug-likeness (QED) is 0.611. The maximum Gasteiger partial charge on any atom is 0.232 e. The molecule has 0 radical (unpaired) electrons. The van der Waals surface area contributed by atoms with Gasteiger partial charge < -0.3 is 14.2 Å². The summed E-state index contributed by atoms with van der Waals surface area (Å²) in [7, 11) is 0. The molecular weight excluding hydrogens is 366 g/mol. The van der Waals surface area contributed by atoms with Crippen molar-refractivity contribution in [3.63, 3.8) is 0 Å². The van der Waals surface area contributed by atoms with Crippen LogP contribution in [0.5, 0.6) is 5.75 Å². The van der Waals surface area contributed by atoms with Gasteiger partial charge in [-0.1, -0.05) is 24.2 Å². The number of amides is 1. The fourth-order valence-electron chi connectivity index (χ4n) is 3.55. The van der Waals surface area contributed by atoms with Crippen molar-refractivity contribution in [1.82, 2.24) is 10.1 Å². The molecule has 0 saturated carbocycles. The highest BCUT2D eigenvalue weighted by molar-refractivity contribution is 5.97. The standard InChI is InChI=1S/C23H25N3O3/c1-4-11-28-19-9-7-17(8-10-19)22-24-23(29-25-22)18-13-21(27)26(14-18)20-12-15(2)5-6-16(20)3/h5-10,12,18H,4,11,13-14H2,1-3H3. The lowest BCUT2D eigenvalue weighted by Gasteiger charge is -2.19. The second-order valence-electron chi connectivity index (χ2n) is 7.52. The average molecular weight is 391 g/mol. The second-order valence-corrected chi connectivity index (χ2v) is 7.52. The Kier molecular flexibility index (Phi) is 5.34. The summed E-state index contributed by atoms with van der Waals surface area (Å²) >= 11 is 0. The van der Waals surface area contributed by atoms with Crippen LogP contribution in [0.1, 0.15) is 42.7 Å². The van der Waals surface area contributed by atoms with Crippen molar-refractivity contribution >= 4 is 11.6 Å². The number of nitrogens with zero attached hydrogens (tertiary/aromatic N) is 3. The Morgan fingerprint density at radius 2 is 1.97 bits per heavy atom. The number of carbonyl (C=O) groups excluding carboxylic acids is 1. The van der Waals surface area contributed by atoms with Crippen LogP contribution in [0.15, 0.2) is 47.0 Å². The minimum Gasteiger partial charge on any atom is -0.494 e. The normalized spacial score (nSPS) is 16.4. The lowest BCUT2D eigenvalue weighted by molar-refractivity contribution is -0.117. The van der Waals surface area contributed by atoms with E-state index in [4.69, 9.17) is 9.26 Å². The Hall–Kier alpha value is -3.15. The van der Waals surface area contributed by atoms with Crippen molar-refractivity contribution < 1.29 is 14.1 Å². The fourth-order valence-corrected chi connectivity index (χ4v) is 3.55. The Bertz CT molecular complexity index is 1010. The first-order valence-electron chi connectivity index (χ1n) is 9.99. The van der Waals surface area contributed by atoms with E-state index in [-0.39, 0.29) is 11.8 Å². The highest BCUT2D eigenvalue weighted by Gasteiger charge is 2.35. The molecule has 2 heterocycles. The first-order valence-corrected chi connectivity index (χ1v) is 9.99.